The molecule has 1 aliphatic rings. The fraction of sp³-hybridized carbons (Fsp3) is 0.258. The Hall–Kier alpha value is -3.39. The molecule has 0 saturated heterocycles. The number of rotatable bonds is 3. The highest BCUT2D eigenvalue weighted by molar-refractivity contribution is 6.11. The molecule has 6 rings (SSSR count). The van der Waals surface area contributed by atoms with E-state index in [2.05, 4.69) is 106 Å². The third-order valence-electron chi connectivity index (χ3n) is 7.98. The summed E-state index contributed by atoms with van der Waals surface area (Å²) < 4.78 is 8.91. The third kappa shape index (κ3) is 2.64. The van der Waals surface area contributed by atoms with Crippen LogP contribution in [0.25, 0.3) is 44.3 Å². The molecule has 0 unspecified atom stereocenters. The summed E-state index contributed by atoms with van der Waals surface area (Å²) in [5.41, 5.74) is 12.5. The monoisotopic (exact) mass is 432 g/mol. The first kappa shape index (κ1) is 20.2. The number of hydrogen-bond donors (Lipinski definition) is 0. The molecule has 1 aliphatic carbocycles. The van der Waals surface area contributed by atoms with Gasteiger partial charge in [0, 0.05) is 27.8 Å². The second kappa shape index (κ2) is 7.05. The summed E-state index contributed by atoms with van der Waals surface area (Å²) in [6.07, 6.45) is 4.35. The lowest BCUT2D eigenvalue weighted by atomic mass is 9.74. The number of pyridine rings is 1. The van der Waals surface area contributed by atoms with E-state index in [1.54, 1.807) is 0 Å². The number of nitrogens with zero attached hydrogens (tertiary/aromatic N) is 1. The predicted molar refractivity (Wildman–Crippen MR) is 137 cm³/mol. The van der Waals surface area contributed by atoms with E-state index in [0.29, 0.717) is 0 Å². The zero-order chi connectivity index (χ0) is 22.9. The van der Waals surface area contributed by atoms with Gasteiger partial charge in [0.25, 0.3) is 0 Å². The summed E-state index contributed by atoms with van der Waals surface area (Å²) >= 11 is 0. The molecule has 2 heterocycles. The zero-order valence-corrected chi connectivity index (χ0v) is 20.1. The highest BCUT2D eigenvalue weighted by atomic mass is 16.3. The molecule has 164 valence electrons. The van der Waals surface area contributed by atoms with Crippen molar-refractivity contribution in [1.82, 2.24) is 0 Å². The van der Waals surface area contributed by atoms with Gasteiger partial charge in [0.2, 0.25) is 5.69 Å². The molecular weight excluding hydrogens is 402 g/mol. The van der Waals surface area contributed by atoms with E-state index in [0.717, 1.165) is 24.0 Å². The van der Waals surface area contributed by atoms with Crippen molar-refractivity contribution in [2.45, 2.75) is 46.0 Å². The van der Waals surface area contributed by atoms with E-state index in [9.17, 15) is 0 Å². The molecule has 2 nitrogen and oxygen atoms in total. The van der Waals surface area contributed by atoms with Crippen LogP contribution >= 0.6 is 0 Å². The van der Waals surface area contributed by atoms with Crippen molar-refractivity contribution < 1.29 is 8.98 Å². The first-order valence-corrected chi connectivity index (χ1v) is 12.1. The summed E-state index contributed by atoms with van der Waals surface area (Å²) in [5, 5.41) is 2.40. The van der Waals surface area contributed by atoms with Gasteiger partial charge in [0.05, 0.1) is 5.56 Å². The fourth-order valence-electron chi connectivity index (χ4n) is 6.22. The number of fused-ring (bicyclic) bond motifs is 6. The van der Waals surface area contributed by atoms with Gasteiger partial charge < -0.3 is 4.42 Å². The van der Waals surface area contributed by atoms with E-state index >= 15 is 0 Å². The van der Waals surface area contributed by atoms with Gasteiger partial charge in [-0.15, -0.1) is 0 Å². The maximum absolute atomic E-state index is 6.70. The van der Waals surface area contributed by atoms with Crippen LogP contribution in [-0.4, -0.2) is 0 Å². The Balaban J connectivity index is 1.69. The lowest BCUT2D eigenvalue weighted by Crippen LogP contribution is -2.31. The topological polar surface area (TPSA) is 17.0 Å². The van der Waals surface area contributed by atoms with Crippen molar-refractivity contribution in [3.63, 3.8) is 0 Å². The van der Waals surface area contributed by atoms with Gasteiger partial charge >= 0.3 is 0 Å². The Kier molecular flexibility index (Phi) is 4.32. The number of furan rings is 1. The second-order valence-corrected chi connectivity index (χ2v) is 9.67. The van der Waals surface area contributed by atoms with Crippen LogP contribution in [0.15, 0.2) is 71.3 Å². The van der Waals surface area contributed by atoms with Crippen molar-refractivity contribution in [3.8, 4) is 22.4 Å². The van der Waals surface area contributed by atoms with Gasteiger partial charge in [0.15, 0.2) is 6.20 Å². The van der Waals surface area contributed by atoms with Crippen LogP contribution in [0, 0.1) is 13.8 Å². The van der Waals surface area contributed by atoms with Crippen molar-refractivity contribution in [1.29, 1.82) is 0 Å². The van der Waals surface area contributed by atoms with Crippen LogP contribution in [0.2, 0.25) is 0 Å². The molecule has 0 spiro atoms. The molecule has 0 radical (unpaired) electrons. The fourth-order valence-corrected chi connectivity index (χ4v) is 6.22. The van der Waals surface area contributed by atoms with Crippen LogP contribution in [-0.2, 0) is 12.5 Å². The smallest absolute Gasteiger partial charge is 0.216 e. The molecule has 0 amide bonds. The van der Waals surface area contributed by atoms with Crippen LogP contribution in [0.5, 0.6) is 0 Å². The van der Waals surface area contributed by atoms with E-state index < -0.39 is 0 Å². The number of aromatic nitrogens is 1. The lowest BCUT2D eigenvalue weighted by molar-refractivity contribution is -0.660. The lowest BCUT2D eigenvalue weighted by Gasteiger charge is -2.29. The highest BCUT2D eigenvalue weighted by Gasteiger charge is 2.41. The summed E-state index contributed by atoms with van der Waals surface area (Å²) in [6.45, 7) is 8.94. The largest absolute Gasteiger partial charge is 0.455 e. The molecule has 0 aliphatic heterocycles. The van der Waals surface area contributed by atoms with Crippen molar-refractivity contribution in [2.75, 3.05) is 0 Å². The molecule has 0 bridgehead atoms. The average molecular weight is 433 g/mol. The quantitative estimate of drug-likeness (QED) is 0.266. The van der Waals surface area contributed by atoms with Gasteiger partial charge in [-0.2, -0.15) is 0 Å². The Morgan fingerprint density at radius 3 is 2.36 bits per heavy atom. The maximum atomic E-state index is 6.70. The Morgan fingerprint density at radius 2 is 1.61 bits per heavy atom. The van der Waals surface area contributed by atoms with Gasteiger partial charge in [-0.3, -0.25) is 0 Å². The van der Waals surface area contributed by atoms with Gasteiger partial charge in [-0.25, -0.2) is 4.57 Å². The maximum Gasteiger partial charge on any atom is 0.216 e. The van der Waals surface area contributed by atoms with Crippen molar-refractivity contribution in [2.24, 2.45) is 7.05 Å². The molecule has 2 aromatic heterocycles. The number of aryl methyl sites for hydroxylation is 3. The van der Waals surface area contributed by atoms with E-state index in [4.69, 9.17) is 4.42 Å². The first-order chi connectivity index (χ1) is 16.0. The Bertz CT molecular complexity index is 1570. The van der Waals surface area contributed by atoms with Crippen molar-refractivity contribution >= 4 is 21.9 Å². The minimum atomic E-state index is 0.0568. The van der Waals surface area contributed by atoms with Crippen LogP contribution in [0.3, 0.4) is 0 Å². The van der Waals surface area contributed by atoms with Crippen LogP contribution in [0.4, 0.5) is 0 Å². The molecule has 0 N–H and O–H groups in total. The van der Waals surface area contributed by atoms with Gasteiger partial charge in [0.1, 0.15) is 18.2 Å². The minimum absolute atomic E-state index is 0.0568. The van der Waals surface area contributed by atoms with Crippen LogP contribution < -0.4 is 4.57 Å². The van der Waals surface area contributed by atoms with Crippen molar-refractivity contribution in [3.05, 3.63) is 89.1 Å². The van der Waals surface area contributed by atoms with Gasteiger partial charge in [-0.05, 0) is 72.7 Å². The predicted octanol–water partition coefficient (Wildman–Crippen LogP) is 7.78. The Labute approximate surface area is 195 Å². The SMILES string of the molecule is CCC1(CC)c2ccccc2-c2cc3c(cc21)oc1c(-c2ccc(C)c[n+]2C)c(C)ccc13. The summed E-state index contributed by atoms with van der Waals surface area (Å²) in [6, 6.07) is 22.5. The molecule has 33 heavy (non-hydrogen) atoms. The average Bonchev–Trinajstić information content (AvgIpc) is 3.31. The molecule has 0 fully saturated rings. The highest BCUT2D eigenvalue weighted by Crippen LogP contribution is 2.54. The molecule has 2 heteroatoms. The first-order valence-electron chi connectivity index (χ1n) is 12.1. The zero-order valence-electron chi connectivity index (χ0n) is 20.1. The van der Waals surface area contributed by atoms with E-state index in [1.165, 1.54) is 55.4 Å². The molecule has 0 atom stereocenters. The van der Waals surface area contributed by atoms with Gasteiger partial charge in [-0.1, -0.05) is 50.2 Å². The molecule has 3 aromatic carbocycles. The summed E-state index contributed by atoms with van der Waals surface area (Å²) in [5.74, 6) is 0. The number of benzene rings is 3. The Morgan fingerprint density at radius 1 is 0.818 bits per heavy atom. The summed E-state index contributed by atoms with van der Waals surface area (Å²) in [7, 11) is 2.12. The normalized spacial score (nSPS) is 14.1. The van der Waals surface area contributed by atoms with E-state index in [-0.39, 0.29) is 5.41 Å². The molecular formula is C31H30NO+. The molecule has 0 saturated carbocycles. The van der Waals surface area contributed by atoms with Crippen LogP contribution in [0.1, 0.15) is 48.9 Å². The minimum Gasteiger partial charge on any atom is -0.455 e. The standard InChI is InChI=1S/C31H30NO/c1-6-31(7-2)25-11-9-8-10-21(25)23-16-24-22-14-13-20(4)29(27-15-12-19(3)18-32(27)5)30(22)33-28(24)17-26(23)31/h8-18H,6-7H2,1-5H3/q+1. The second-order valence-electron chi connectivity index (χ2n) is 9.67. The van der Waals surface area contributed by atoms with E-state index in [1.807, 2.05) is 0 Å². The number of hydrogen-bond acceptors (Lipinski definition) is 1. The summed E-state index contributed by atoms with van der Waals surface area (Å²) in [4.78, 5) is 0. The molecule has 5 aromatic rings. The third-order valence-corrected chi connectivity index (χ3v) is 7.98.